The molecule has 38 heavy (non-hydrogen) atoms. The lowest BCUT2D eigenvalue weighted by molar-refractivity contribution is 1.15. The quantitative estimate of drug-likeness (QED) is 0.235. The van der Waals surface area contributed by atoms with Gasteiger partial charge in [-0.15, -0.1) is 0 Å². The lowest BCUT2D eigenvalue weighted by atomic mass is 9.92. The summed E-state index contributed by atoms with van der Waals surface area (Å²) in [6.07, 6.45) is 3.47. The highest BCUT2D eigenvalue weighted by Gasteiger charge is 2.13. The predicted molar refractivity (Wildman–Crippen MR) is 154 cm³/mol. The van der Waals surface area contributed by atoms with Crippen molar-refractivity contribution < 1.29 is 0 Å². The number of aromatic nitrogens is 4. The second kappa shape index (κ2) is 9.34. The molecule has 4 nitrogen and oxygen atoms in total. The highest BCUT2D eigenvalue weighted by Crippen LogP contribution is 2.36. The molecule has 7 aromatic rings. The van der Waals surface area contributed by atoms with Crippen LogP contribution in [0.15, 0.2) is 134 Å². The van der Waals surface area contributed by atoms with Gasteiger partial charge in [0.05, 0.1) is 16.7 Å². The molecule has 0 bridgehead atoms. The van der Waals surface area contributed by atoms with Crippen molar-refractivity contribution in [1.29, 1.82) is 0 Å². The Balaban J connectivity index is 1.41. The van der Waals surface area contributed by atoms with Gasteiger partial charge in [-0.05, 0) is 46.5 Å². The van der Waals surface area contributed by atoms with Gasteiger partial charge in [0.25, 0.3) is 0 Å². The molecule has 0 saturated heterocycles. The largest absolute Gasteiger partial charge is 0.245 e. The van der Waals surface area contributed by atoms with E-state index in [1.807, 2.05) is 18.2 Å². The van der Waals surface area contributed by atoms with Crippen molar-refractivity contribution in [3.63, 3.8) is 0 Å². The Bertz CT molecular complexity index is 1900. The minimum absolute atomic E-state index is 0.603. The van der Waals surface area contributed by atoms with Crippen LogP contribution in [0.2, 0.25) is 0 Å². The summed E-state index contributed by atoms with van der Waals surface area (Å²) in [5.74, 6) is 0.603. The molecule has 4 aromatic carbocycles. The molecule has 0 N–H and O–H groups in total. The number of fused-ring (bicyclic) bond motifs is 3. The molecule has 0 fully saturated rings. The van der Waals surface area contributed by atoms with Crippen molar-refractivity contribution in [3.05, 3.63) is 134 Å². The molecule has 4 heteroatoms. The van der Waals surface area contributed by atoms with Crippen LogP contribution in [0.25, 0.3) is 66.8 Å². The molecule has 0 aliphatic rings. The highest BCUT2D eigenvalue weighted by molar-refractivity contribution is 6.04. The van der Waals surface area contributed by atoms with E-state index in [1.165, 1.54) is 22.3 Å². The van der Waals surface area contributed by atoms with Gasteiger partial charge >= 0.3 is 0 Å². The average molecular weight is 487 g/mol. The monoisotopic (exact) mass is 486 g/mol. The molecule has 0 saturated carbocycles. The Labute approximate surface area is 220 Å². The lowest BCUT2D eigenvalue weighted by Crippen LogP contribution is -1.94. The maximum Gasteiger partial charge on any atom is 0.178 e. The number of hydrogen-bond acceptors (Lipinski definition) is 4. The van der Waals surface area contributed by atoms with E-state index in [4.69, 9.17) is 9.97 Å². The molecular formula is C34H22N4. The molecule has 178 valence electrons. The topological polar surface area (TPSA) is 51.6 Å². The summed E-state index contributed by atoms with van der Waals surface area (Å²) in [4.78, 5) is 18.8. The van der Waals surface area contributed by atoms with E-state index in [0.29, 0.717) is 5.82 Å². The second-order valence-corrected chi connectivity index (χ2v) is 9.17. The van der Waals surface area contributed by atoms with Gasteiger partial charge in [0.15, 0.2) is 5.82 Å². The van der Waals surface area contributed by atoms with Gasteiger partial charge in [0.2, 0.25) is 0 Å². The first kappa shape index (κ1) is 22.0. The molecule has 7 rings (SSSR count). The van der Waals surface area contributed by atoms with Crippen LogP contribution in [0, 0.1) is 0 Å². The highest BCUT2D eigenvalue weighted by atomic mass is 14.9. The Morgan fingerprint density at radius 2 is 0.947 bits per heavy atom. The normalized spacial score (nSPS) is 11.2. The summed E-state index contributed by atoms with van der Waals surface area (Å²) in [6.45, 7) is 0. The summed E-state index contributed by atoms with van der Waals surface area (Å²) in [7, 11) is 0. The van der Waals surface area contributed by atoms with Crippen molar-refractivity contribution in [2.75, 3.05) is 0 Å². The maximum absolute atomic E-state index is 5.14. The number of pyridine rings is 2. The van der Waals surface area contributed by atoms with E-state index in [2.05, 4.69) is 107 Å². The fourth-order valence-corrected chi connectivity index (χ4v) is 4.91. The van der Waals surface area contributed by atoms with E-state index in [0.717, 1.165) is 38.8 Å². The maximum atomic E-state index is 5.14. The van der Waals surface area contributed by atoms with E-state index in [-0.39, 0.29) is 0 Å². The van der Waals surface area contributed by atoms with Gasteiger partial charge in [0.1, 0.15) is 5.69 Å². The summed E-state index contributed by atoms with van der Waals surface area (Å²) in [5.41, 5.74) is 9.15. The molecule has 0 amide bonds. The van der Waals surface area contributed by atoms with Crippen molar-refractivity contribution in [1.82, 2.24) is 19.9 Å². The summed E-state index contributed by atoms with van der Waals surface area (Å²) in [6, 6.07) is 41.9. The minimum Gasteiger partial charge on any atom is -0.245 e. The van der Waals surface area contributed by atoms with E-state index in [9.17, 15) is 0 Å². The molecular weight excluding hydrogens is 464 g/mol. The Morgan fingerprint density at radius 1 is 0.395 bits per heavy atom. The molecule has 0 aliphatic carbocycles. The van der Waals surface area contributed by atoms with Crippen molar-refractivity contribution in [3.8, 4) is 45.0 Å². The SMILES string of the molecule is c1ccc(-c2ccc(-c3ccc4ccc5ccc(-c6ncccn6)nc5c4n3)cc2-c2ccccc2)cc1. The van der Waals surface area contributed by atoms with Crippen LogP contribution in [0.3, 0.4) is 0 Å². The first-order valence-corrected chi connectivity index (χ1v) is 12.6. The van der Waals surface area contributed by atoms with Gasteiger partial charge in [-0.3, -0.25) is 0 Å². The summed E-state index contributed by atoms with van der Waals surface area (Å²) < 4.78 is 0. The smallest absolute Gasteiger partial charge is 0.178 e. The van der Waals surface area contributed by atoms with Crippen LogP contribution in [0.5, 0.6) is 0 Å². The van der Waals surface area contributed by atoms with E-state index in [1.54, 1.807) is 18.5 Å². The average Bonchev–Trinajstić information content (AvgIpc) is 3.01. The van der Waals surface area contributed by atoms with Crippen LogP contribution in [0.4, 0.5) is 0 Å². The molecule has 0 spiro atoms. The second-order valence-electron chi connectivity index (χ2n) is 9.17. The molecule has 0 aliphatic heterocycles. The van der Waals surface area contributed by atoms with Crippen LogP contribution in [-0.2, 0) is 0 Å². The van der Waals surface area contributed by atoms with Crippen molar-refractivity contribution in [2.24, 2.45) is 0 Å². The van der Waals surface area contributed by atoms with Crippen molar-refractivity contribution in [2.45, 2.75) is 0 Å². The van der Waals surface area contributed by atoms with Gasteiger partial charge < -0.3 is 0 Å². The Morgan fingerprint density at radius 3 is 1.61 bits per heavy atom. The van der Waals surface area contributed by atoms with Crippen LogP contribution < -0.4 is 0 Å². The zero-order valence-corrected chi connectivity index (χ0v) is 20.5. The van der Waals surface area contributed by atoms with E-state index < -0.39 is 0 Å². The standard InChI is InChI=1S/C34H22N4/c1-3-8-23(9-4-1)28-17-14-27(22-29(28)24-10-5-2-6-11-24)30-18-15-25-12-13-26-16-19-31(34-35-20-7-21-36-34)38-33(26)32(25)37-30/h1-22H. The van der Waals surface area contributed by atoms with Crippen LogP contribution >= 0.6 is 0 Å². The first-order chi connectivity index (χ1) is 18.8. The fraction of sp³-hybridized carbons (Fsp3) is 0. The number of rotatable bonds is 4. The zero-order chi connectivity index (χ0) is 25.3. The molecule has 0 atom stereocenters. The molecule has 0 radical (unpaired) electrons. The lowest BCUT2D eigenvalue weighted by Gasteiger charge is -2.13. The fourth-order valence-electron chi connectivity index (χ4n) is 4.91. The Hall–Kier alpha value is -5.22. The molecule has 3 heterocycles. The third-order valence-electron chi connectivity index (χ3n) is 6.80. The summed E-state index contributed by atoms with van der Waals surface area (Å²) in [5, 5.41) is 2.08. The van der Waals surface area contributed by atoms with Gasteiger partial charge in [-0.25, -0.2) is 19.9 Å². The molecule has 0 unspecified atom stereocenters. The van der Waals surface area contributed by atoms with Crippen LogP contribution in [0.1, 0.15) is 0 Å². The molecule has 3 aromatic heterocycles. The number of nitrogens with zero attached hydrogens (tertiary/aromatic N) is 4. The van der Waals surface area contributed by atoms with Crippen LogP contribution in [-0.4, -0.2) is 19.9 Å². The zero-order valence-electron chi connectivity index (χ0n) is 20.5. The third kappa shape index (κ3) is 3.98. The van der Waals surface area contributed by atoms with Gasteiger partial charge in [-0.2, -0.15) is 0 Å². The summed E-state index contributed by atoms with van der Waals surface area (Å²) >= 11 is 0. The van der Waals surface area contributed by atoms with E-state index >= 15 is 0 Å². The number of benzene rings is 4. The van der Waals surface area contributed by atoms with Crippen molar-refractivity contribution >= 4 is 21.8 Å². The van der Waals surface area contributed by atoms with Gasteiger partial charge in [0, 0.05) is 28.7 Å². The van der Waals surface area contributed by atoms with Gasteiger partial charge in [-0.1, -0.05) is 97.1 Å². The first-order valence-electron chi connectivity index (χ1n) is 12.6. The number of hydrogen-bond donors (Lipinski definition) is 0. The minimum atomic E-state index is 0.603. The predicted octanol–water partition coefficient (Wildman–Crippen LogP) is 8.24. The Kier molecular flexibility index (Phi) is 5.41. The third-order valence-corrected chi connectivity index (χ3v) is 6.80.